The molecule has 1 aromatic rings. The molecular weight excluding hydrogens is 186 g/mol. The summed E-state index contributed by atoms with van der Waals surface area (Å²) in [5.74, 6) is -0.204. The van der Waals surface area contributed by atoms with E-state index in [1.165, 1.54) is 12.1 Å². The Labute approximate surface area is 79.7 Å². The van der Waals surface area contributed by atoms with Gasteiger partial charge in [0.15, 0.2) is 11.5 Å². The first-order valence-electron chi connectivity index (χ1n) is 3.80. The molecule has 0 aliphatic rings. The normalized spacial score (nSPS) is 10.2. The Kier molecular flexibility index (Phi) is 3.75. The van der Waals surface area contributed by atoms with Crippen molar-refractivity contribution in [1.82, 2.24) is 5.48 Å². The van der Waals surface area contributed by atoms with Crippen LogP contribution in [0.5, 0.6) is 11.5 Å². The smallest absolute Gasteiger partial charge is 0.280 e. The first-order valence-corrected chi connectivity index (χ1v) is 4.21. The van der Waals surface area contributed by atoms with Gasteiger partial charge in [0.05, 0.1) is 0 Å². The maximum atomic E-state index is 9.15. The largest absolute Gasteiger partial charge is 0.504 e. The SMILES string of the molecule is Oc1ccc(CCNO[Si])cc1O. The minimum atomic E-state index is -0.104. The predicted molar refractivity (Wildman–Crippen MR) is 48.3 cm³/mol. The van der Waals surface area contributed by atoms with Crippen molar-refractivity contribution >= 4 is 10.5 Å². The molecule has 0 atom stereocenters. The number of benzene rings is 1. The minimum Gasteiger partial charge on any atom is -0.504 e. The van der Waals surface area contributed by atoms with Gasteiger partial charge in [0.2, 0.25) is 0 Å². The summed E-state index contributed by atoms with van der Waals surface area (Å²) in [6, 6.07) is 4.72. The fourth-order valence-corrected chi connectivity index (χ4v) is 1.07. The molecule has 5 heteroatoms. The summed E-state index contributed by atoms with van der Waals surface area (Å²) in [5.41, 5.74) is 3.52. The van der Waals surface area contributed by atoms with Gasteiger partial charge in [-0.1, -0.05) is 6.07 Å². The van der Waals surface area contributed by atoms with Gasteiger partial charge in [0.25, 0.3) is 10.5 Å². The fraction of sp³-hybridized carbons (Fsp3) is 0.250. The van der Waals surface area contributed by atoms with Gasteiger partial charge in [-0.25, -0.2) is 5.48 Å². The highest BCUT2D eigenvalue weighted by molar-refractivity contribution is 5.97. The van der Waals surface area contributed by atoms with E-state index in [2.05, 4.69) is 20.5 Å². The summed E-state index contributed by atoms with van der Waals surface area (Å²) in [6.07, 6.45) is 0.707. The molecule has 0 spiro atoms. The van der Waals surface area contributed by atoms with Gasteiger partial charge in [-0.3, -0.25) is 0 Å². The van der Waals surface area contributed by atoms with Gasteiger partial charge in [0, 0.05) is 6.54 Å². The van der Waals surface area contributed by atoms with Crippen LogP contribution in [0.3, 0.4) is 0 Å². The lowest BCUT2D eigenvalue weighted by atomic mass is 10.1. The molecule has 4 nitrogen and oxygen atoms in total. The lowest BCUT2D eigenvalue weighted by molar-refractivity contribution is 0.219. The first kappa shape index (κ1) is 10.0. The van der Waals surface area contributed by atoms with Gasteiger partial charge in [-0.2, -0.15) is 0 Å². The molecule has 0 unspecified atom stereocenters. The van der Waals surface area contributed by atoms with E-state index in [-0.39, 0.29) is 11.5 Å². The number of phenols is 2. The molecule has 0 bridgehead atoms. The quantitative estimate of drug-likeness (QED) is 0.279. The Morgan fingerprint density at radius 3 is 2.69 bits per heavy atom. The fourth-order valence-electron chi connectivity index (χ4n) is 0.971. The molecule has 69 valence electrons. The summed E-state index contributed by atoms with van der Waals surface area (Å²) in [6.45, 7) is 0.619. The average molecular weight is 196 g/mol. The molecule has 0 aliphatic carbocycles. The molecule has 0 aliphatic heterocycles. The summed E-state index contributed by atoms with van der Waals surface area (Å²) in [5, 5.41) is 18.2. The van der Waals surface area contributed by atoms with Crippen LogP contribution in [0.1, 0.15) is 5.56 Å². The summed E-state index contributed by atoms with van der Waals surface area (Å²) < 4.78 is 4.46. The molecule has 0 saturated carbocycles. The van der Waals surface area contributed by atoms with Gasteiger partial charge in [-0.05, 0) is 24.1 Å². The zero-order chi connectivity index (χ0) is 9.68. The third-order valence-corrected chi connectivity index (χ3v) is 1.77. The van der Waals surface area contributed by atoms with E-state index in [1.807, 2.05) is 0 Å². The zero-order valence-corrected chi connectivity index (χ0v) is 7.95. The predicted octanol–water partition coefficient (Wildman–Crippen LogP) is 0.245. The maximum Gasteiger partial charge on any atom is 0.280 e. The highest BCUT2D eigenvalue weighted by atomic mass is 28.2. The second-order valence-corrected chi connectivity index (χ2v) is 2.77. The second kappa shape index (κ2) is 4.86. The molecule has 0 heterocycles. The second-order valence-electron chi connectivity index (χ2n) is 2.57. The van der Waals surface area contributed by atoms with Crippen molar-refractivity contribution in [1.29, 1.82) is 0 Å². The molecule has 3 N–H and O–H groups in total. The van der Waals surface area contributed by atoms with Gasteiger partial charge in [-0.15, -0.1) is 0 Å². The number of aromatic hydroxyl groups is 2. The molecule has 13 heavy (non-hydrogen) atoms. The molecule has 0 amide bonds. The number of hydroxylamine groups is 1. The van der Waals surface area contributed by atoms with Crippen molar-refractivity contribution in [2.75, 3.05) is 6.54 Å². The van der Waals surface area contributed by atoms with Crippen LogP contribution in [-0.2, 0) is 10.9 Å². The Balaban J connectivity index is 2.53. The monoisotopic (exact) mass is 196 g/mol. The Bertz CT molecular complexity index is 280. The van der Waals surface area contributed by atoms with Crippen molar-refractivity contribution in [2.45, 2.75) is 6.42 Å². The average Bonchev–Trinajstić information content (AvgIpc) is 2.12. The van der Waals surface area contributed by atoms with Crippen LogP contribution in [-0.4, -0.2) is 27.2 Å². The standard InChI is InChI=1S/C8H10NO3Si/c10-7-2-1-6(5-8(7)11)3-4-9-12-13/h1-2,5,9-11H,3-4H2. The number of nitrogens with one attached hydrogen (secondary N) is 1. The van der Waals surface area contributed by atoms with Gasteiger partial charge in [0.1, 0.15) is 0 Å². The van der Waals surface area contributed by atoms with Crippen LogP contribution >= 0.6 is 0 Å². The molecule has 1 rings (SSSR count). The van der Waals surface area contributed by atoms with E-state index in [0.29, 0.717) is 13.0 Å². The summed E-state index contributed by atoms with van der Waals surface area (Å²) in [7, 11) is 2.79. The molecular formula is C8H10NO3Si. The van der Waals surface area contributed by atoms with Crippen LogP contribution in [0.4, 0.5) is 0 Å². The number of rotatable bonds is 4. The number of hydrogen-bond acceptors (Lipinski definition) is 4. The maximum absolute atomic E-state index is 9.15. The zero-order valence-electron chi connectivity index (χ0n) is 6.95. The molecule has 1 aromatic carbocycles. The highest BCUT2D eigenvalue weighted by Gasteiger charge is 1.99. The van der Waals surface area contributed by atoms with Crippen molar-refractivity contribution in [3.63, 3.8) is 0 Å². The topological polar surface area (TPSA) is 61.7 Å². The van der Waals surface area contributed by atoms with E-state index >= 15 is 0 Å². The van der Waals surface area contributed by atoms with Crippen LogP contribution in [0, 0.1) is 0 Å². The molecule has 0 fully saturated rings. The number of phenolic OH excluding ortho intramolecular Hbond substituents is 2. The van der Waals surface area contributed by atoms with E-state index in [1.54, 1.807) is 6.07 Å². The van der Waals surface area contributed by atoms with Crippen molar-refractivity contribution in [3.05, 3.63) is 23.8 Å². The lowest BCUT2D eigenvalue weighted by Gasteiger charge is -2.03. The van der Waals surface area contributed by atoms with Crippen molar-refractivity contribution < 1.29 is 14.7 Å². The van der Waals surface area contributed by atoms with E-state index in [4.69, 9.17) is 10.2 Å². The summed E-state index contributed by atoms with van der Waals surface area (Å²) in [4.78, 5) is 0. The van der Waals surface area contributed by atoms with Crippen molar-refractivity contribution in [2.24, 2.45) is 0 Å². The summed E-state index contributed by atoms with van der Waals surface area (Å²) >= 11 is 0. The van der Waals surface area contributed by atoms with E-state index < -0.39 is 0 Å². The highest BCUT2D eigenvalue weighted by Crippen LogP contribution is 2.24. The third kappa shape index (κ3) is 3.06. The molecule has 3 radical (unpaired) electrons. The van der Waals surface area contributed by atoms with Crippen LogP contribution in [0.2, 0.25) is 0 Å². The van der Waals surface area contributed by atoms with Crippen LogP contribution < -0.4 is 5.48 Å². The molecule has 0 aromatic heterocycles. The van der Waals surface area contributed by atoms with Gasteiger partial charge >= 0.3 is 0 Å². The van der Waals surface area contributed by atoms with Crippen molar-refractivity contribution in [3.8, 4) is 11.5 Å². The van der Waals surface area contributed by atoms with Gasteiger partial charge < -0.3 is 14.7 Å². The first-order chi connectivity index (χ1) is 6.24. The Morgan fingerprint density at radius 2 is 2.08 bits per heavy atom. The third-order valence-electron chi connectivity index (χ3n) is 1.63. The van der Waals surface area contributed by atoms with Crippen LogP contribution in [0.25, 0.3) is 0 Å². The lowest BCUT2D eigenvalue weighted by Crippen LogP contribution is -2.15. The van der Waals surface area contributed by atoms with E-state index in [0.717, 1.165) is 5.56 Å². The Hall–Kier alpha value is -1.04. The Morgan fingerprint density at radius 1 is 1.31 bits per heavy atom. The van der Waals surface area contributed by atoms with E-state index in [9.17, 15) is 0 Å². The minimum absolute atomic E-state index is 0.100. The number of hydrogen-bond donors (Lipinski definition) is 3. The molecule has 0 saturated heterocycles. The van der Waals surface area contributed by atoms with Crippen LogP contribution in [0.15, 0.2) is 18.2 Å².